The highest BCUT2D eigenvalue weighted by molar-refractivity contribution is 6.44. The molecule has 0 N–H and O–H groups in total. The Morgan fingerprint density at radius 2 is 1.80 bits per heavy atom. The Labute approximate surface area is 128 Å². The lowest BCUT2D eigenvalue weighted by molar-refractivity contribution is 0.658. The number of aromatic nitrogens is 2. The fraction of sp³-hybridized carbons (Fsp3) is 0.188. The number of pyridine rings is 1. The van der Waals surface area contributed by atoms with Crippen LogP contribution in [0.4, 0.5) is 0 Å². The number of benzene rings is 1. The number of rotatable bonds is 2. The second-order valence-corrected chi connectivity index (χ2v) is 5.75. The van der Waals surface area contributed by atoms with Crippen molar-refractivity contribution in [1.29, 1.82) is 0 Å². The van der Waals surface area contributed by atoms with Crippen LogP contribution in [0.2, 0.25) is 10.0 Å². The van der Waals surface area contributed by atoms with Crippen LogP contribution >= 0.6 is 23.2 Å². The van der Waals surface area contributed by atoms with Gasteiger partial charge in [0.1, 0.15) is 5.65 Å². The zero-order chi connectivity index (χ0) is 14.3. The first-order chi connectivity index (χ1) is 9.58. The average molecular weight is 305 g/mol. The summed E-state index contributed by atoms with van der Waals surface area (Å²) < 4.78 is 2.11. The minimum absolute atomic E-state index is 0.192. The quantitative estimate of drug-likeness (QED) is 0.631. The summed E-state index contributed by atoms with van der Waals surface area (Å²) in [5.41, 5.74) is 3.35. The van der Waals surface area contributed by atoms with E-state index in [4.69, 9.17) is 23.2 Å². The van der Waals surface area contributed by atoms with E-state index in [-0.39, 0.29) is 6.04 Å². The van der Waals surface area contributed by atoms with Crippen molar-refractivity contribution in [2.24, 2.45) is 0 Å². The minimum Gasteiger partial charge on any atom is -0.325 e. The standard InChI is InChI=1S/C16H14Cl2N2/c1-10-3-5-12(6-4-10)11(2)20-8-7-13-15(18)14(17)9-19-16(13)20/h3-9,11H,1-2H3. The SMILES string of the molecule is Cc1ccc(C(C)n2ccc3c(Cl)c(Cl)cnc32)cc1. The number of nitrogens with zero attached hydrogens (tertiary/aromatic N) is 2. The molecular formula is C16H14Cl2N2. The van der Waals surface area contributed by atoms with Gasteiger partial charge < -0.3 is 4.57 Å². The van der Waals surface area contributed by atoms with Crippen molar-refractivity contribution in [3.63, 3.8) is 0 Å². The zero-order valence-electron chi connectivity index (χ0n) is 11.3. The highest BCUT2D eigenvalue weighted by Gasteiger charge is 2.14. The molecule has 0 saturated heterocycles. The number of halogens is 2. The smallest absolute Gasteiger partial charge is 0.142 e. The van der Waals surface area contributed by atoms with E-state index in [1.54, 1.807) is 6.20 Å². The van der Waals surface area contributed by atoms with Crippen LogP contribution in [0.3, 0.4) is 0 Å². The predicted octanol–water partition coefficient (Wildman–Crippen LogP) is 5.26. The van der Waals surface area contributed by atoms with Gasteiger partial charge in [-0.2, -0.15) is 0 Å². The highest BCUT2D eigenvalue weighted by atomic mass is 35.5. The number of hydrogen-bond donors (Lipinski definition) is 0. The molecule has 0 spiro atoms. The predicted molar refractivity (Wildman–Crippen MR) is 84.7 cm³/mol. The maximum atomic E-state index is 6.23. The van der Waals surface area contributed by atoms with Crippen molar-refractivity contribution >= 4 is 34.2 Å². The van der Waals surface area contributed by atoms with Gasteiger partial charge in [0.2, 0.25) is 0 Å². The summed E-state index contributed by atoms with van der Waals surface area (Å²) in [4.78, 5) is 4.41. The summed E-state index contributed by atoms with van der Waals surface area (Å²) in [5, 5.41) is 1.93. The molecule has 1 unspecified atom stereocenters. The Morgan fingerprint density at radius 3 is 2.50 bits per heavy atom. The lowest BCUT2D eigenvalue weighted by atomic mass is 10.1. The van der Waals surface area contributed by atoms with Crippen LogP contribution in [0.15, 0.2) is 42.7 Å². The summed E-state index contributed by atoms with van der Waals surface area (Å²) in [6.07, 6.45) is 3.61. The fourth-order valence-electron chi connectivity index (χ4n) is 2.37. The molecule has 1 aromatic carbocycles. The Morgan fingerprint density at radius 1 is 1.10 bits per heavy atom. The molecule has 2 aromatic heterocycles. The first kappa shape index (κ1) is 13.5. The normalized spacial score (nSPS) is 12.8. The van der Waals surface area contributed by atoms with Crippen LogP contribution in [0.25, 0.3) is 11.0 Å². The number of hydrogen-bond acceptors (Lipinski definition) is 1. The third kappa shape index (κ3) is 2.19. The molecule has 102 valence electrons. The second kappa shape index (κ2) is 5.12. The molecule has 1 atom stereocenters. The monoisotopic (exact) mass is 304 g/mol. The van der Waals surface area contributed by atoms with E-state index in [0.717, 1.165) is 11.0 Å². The Kier molecular flexibility index (Phi) is 3.45. The van der Waals surface area contributed by atoms with Crippen LogP contribution in [-0.4, -0.2) is 9.55 Å². The van der Waals surface area contributed by atoms with Gasteiger partial charge in [-0.05, 0) is 25.5 Å². The lowest BCUT2D eigenvalue weighted by Crippen LogP contribution is -2.06. The highest BCUT2D eigenvalue weighted by Crippen LogP contribution is 2.32. The van der Waals surface area contributed by atoms with E-state index in [0.29, 0.717) is 10.0 Å². The minimum atomic E-state index is 0.192. The fourth-order valence-corrected chi connectivity index (χ4v) is 2.71. The summed E-state index contributed by atoms with van der Waals surface area (Å²) in [6.45, 7) is 4.23. The maximum absolute atomic E-state index is 6.23. The van der Waals surface area contributed by atoms with Crippen LogP contribution in [0.1, 0.15) is 24.1 Å². The second-order valence-electron chi connectivity index (χ2n) is 4.97. The molecule has 0 saturated carbocycles. The molecule has 3 rings (SSSR count). The molecule has 4 heteroatoms. The van der Waals surface area contributed by atoms with Crippen molar-refractivity contribution in [3.05, 3.63) is 63.9 Å². The van der Waals surface area contributed by atoms with Gasteiger partial charge in [0, 0.05) is 17.8 Å². The van der Waals surface area contributed by atoms with E-state index in [2.05, 4.69) is 47.7 Å². The molecule has 0 aliphatic heterocycles. The van der Waals surface area contributed by atoms with Crippen molar-refractivity contribution in [1.82, 2.24) is 9.55 Å². The molecule has 0 aliphatic rings. The van der Waals surface area contributed by atoms with Crippen molar-refractivity contribution in [2.75, 3.05) is 0 Å². The van der Waals surface area contributed by atoms with E-state index in [9.17, 15) is 0 Å². The van der Waals surface area contributed by atoms with Gasteiger partial charge >= 0.3 is 0 Å². The van der Waals surface area contributed by atoms with Crippen LogP contribution in [0, 0.1) is 6.92 Å². The molecule has 0 aliphatic carbocycles. The van der Waals surface area contributed by atoms with Crippen LogP contribution in [0.5, 0.6) is 0 Å². The average Bonchev–Trinajstić information content (AvgIpc) is 2.87. The summed E-state index contributed by atoms with van der Waals surface area (Å²) >= 11 is 12.2. The number of fused-ring (bicyclic) bond motifs is 1. The maximum Gasteiger partial charge on any atom is 0.142 e. The Balaban J connectivity index is 2.10. The molecule has 2 nitrogen and oxygen atoms in total. The Hall–Kier alpha value is -1.51. The number of aryl methyl sites for hydroxylation is 1. The Bertz CT molecular complexity index is 760. The van der Waals surface area contributed by atoms with E-state index in [1.807, 2.05) is 12.3 Å². The molecule has 0 fully saturated rings. The van der Waals surface area contributed by atoms with Crippen molar-refractivity contribution in [3.8, 4) is 0 Å². The molecule has 2 heterocycles. The largest absolute Gasteiger partial charge is 0.325 e. The first-order valence-corrected chi connectivity index (χ1v) is 7.20. The van der Waals surface area contributed by atoms with Gasteiger partial charge in [0.15, 0.2) is 0 Å². The van der Waals surface area contributed by atoms with Crippen LogP contribution in [-0.2, 0) is 0 Å². The zero-order valence-corrected chi connectivity index (χ0v) is 12.8. The lowest BCUT2D eigenvalue weighted by Gasteiger charge is -2.15. The van der Waals surface area contributed by atoms with Gasteiger partial charge in [-0.15, -0.1) is 0 Å². The molecule has 0 amide bonds. The van der Waals surface area contributed by atoms with Crippen LogP contribution < -0.4 is 0 Å². The van der Waals surface area contributed by atoms with Gasteiger partial charge in [-0.3, -0.25) is 0 Å². The van der Waals surface area contributed by atoms with Gasteiger partial charge in [0.25, 0.3) is 0 Å². The molecule has 20 heavy (non-hydrogen) atoms. The summed E-state index contributed by atoms with van der Waals surface area (Å²) in [7, 11) is 0. The summed E-state index contributed by atoms with van der Waals surface area (Å²) in [6, 6.07) is 10.7. The van der Waals surface area contributed by atoms with Gasteiger partial charge in [-0.1, -0.05) is 53.0 Å². The van der Waals surface area contributed by atoms with E-state index < -0.39 is 0 Å². The first-order valence-electron chi connectivity index (χ1n) is 6.45. The summed E-state index contributed by atoms with van der Waals surface area (Å²) in [5.74, 6) is 0. The third-order valence-corrected chi connectivity index (χ3v) is 4.40. The third-order valence-electron chi connectivity index (χ3n) is 3.61. The van der Waals surface area contributed by atoms with E-state index in [1.165, 1.54) is 11.1 Å². The molecule has 0 radical (unpaired) electrons. The van der Waals surface area contributed by atoms with Gasteiger partial charge in [-0.25, -0.2) is 4.98 Å². The van der Waals surface area contributed by atoms with Crippen molar-refractivity contribution < 1.29 is 0 Å². The molecule has 0 bridgehead atoms. The molecule has 3 aromatic rings. The molecular weight excluding hydrogens is 291 g/mol. The van der Waals surface area contributed by atoms with Gasteiger partial charge in [0.05, 0.1) is 16.1 Å². The van der Waals surface area contributed by atoms with E-state index >= 15 is 0 Å². The topological polar surface area (TPSA) is 17.8 Å². The van der Waals surface area contributed by atoms with Crippen molar-refractivity contribution in [2.45, 2.75) is 19.9 Å².